The monoisotopic (exact) mass is 565 g/mol. The molecule has 4 heteroatoms. The highest BCUT2D eigenvalue weighted by molar-refractivity contribution is 7.26. The predicted octanol–water partition coefficient (Wildman–Crippen LogP) is 10.8. The Labute approximate surface area is 250 Å². The van der Waals surface area contributed by atoms with Crippen molar-refractivity contribution in [2.45, 2.75) is 0 Å². The van der Waals surface area contributed by atoms with E-state index in [1.54, 1.807) is 0 Å². The number of aromatic nitrogens is 3. The van der Waals surface area contributed by atoms with Crippen LogP contribution in [-0.4, -0.2) is 14.1 Å². The maximum absolute atomic E-state index is 5.20. The minimum atomic E-state index is 1.02. The first-order valence-corrected chi connectivity index (χ1v) is 15.4. The molecule has 0 radical (unpaired) electrons. The summed E-state index contributed by atoms with van der Waals surface area (Å²) in [6.45, 7) is 0. The maximum Gasteiger partial charge on any atom is 0.0917 e. The first kappa shape index (κ1) is 23.1. The molecule has 0 atom stereocenters. The first-order chi connectivity index (χ1) is 21.3. The van der Waals surface area contributed by atoms with E-state index >= 15 is 0 Å². The molecule has 0 saturated carbocycles. The third kappa shape index (κ3) is 3.10. The van der Waals surface area contributed by atoms with Gasteiger partial charge in [0.05, 0.1) is 43.5 Å². The van der Waals surface area contributed by atoms with Crippen LogP contribution in [0.4, 0.5) is 0 Å². The van der Waals surface area contributed by atoms with Gasteiger partial charge in [0.15, 0.2) is 0 Å². The molecule has 0 saturated heterocycles. The Morgan fingerprint density at radius 3 is 1.70 bits per heavy atom. The van der Waals surface area contributed by atoms with Crippen LogP contribution in [0, 0.1) is 0 Å². The molecule has 0 fully saturated rings. The summed E-state index contributed by atoms with van der Waals surface area (Å²) in [5, 5.41) is 7.41. The van der Waals surface area contributed by atoms with Gasteiger partial charge < -0.3 is 9.13 Å². The summed E-state index contributed by atoms with van der Waals surface area (Å²) in [4.78, 5) is 5.20. The molecule has 4 aromatic heterocycles. The van der Waals surface area contributed by atoms with Crippen LogP contribution in [0.2, 0.25) is 0 Å². The maximum atomic E-state index is 5.20. The van der Waals surface area contributed by atoms with E-state index < -0.39 is 0 Å². The molecule has 10 rings (SSSR count). The molecular formula is C39H23N3S. The van der Waals surface area contributed by atoms with Gasteiger partial charge in [-0.2, -0.15) is 0 Å². The Balaban J connectivity index is 1.35. The summed E-state index contributed by atoms with van der Waals surface area (Å²) < 4.78 is 7.36. The second-order valence-electron chi connectivity index (χ2n) is 11.2. The lowest BCUT2D eigenvalue weighted by Gasteiger charge is -2.13. The molecule has 0 aliphatic carbocycles. The molecular weight excluding hydrogens is 543 g/mol. The van der Waals surface area contributed by atoms with Gasteiger partial charge in [0.2, 0.25) is 0 Å². The average Bonchev–Trinajstić information content (AvgIpc) is 3.71. The molecule has 10 aromatic rings. The van der Waals surface area contributed by atoms with Crippen LogP contribution < -0.4 is 0 Å². The summed E-state index contributed by atoms with van der Waals surface area (Å²) in [6, 6.07) is 50.4. The van der Waals surface area contributed by atoms with Crippen LogP contribution in [-0.2, 0) is 0 Å². The van der Waals surface area contributed by atoms with Gasteiger partial charge in [0.25, 0.3) is 0 Å². The Morgan fingerprint density at radius 2 is 0.977 bits per heavy atom. The summed E-state index contributed by atoms with van der Waals surface area (Å²) in [5.41, 5.74) is 9.30. The van der Waals surface area contributed by atoms with E-state index in [-0.39, 0.29) is 0 Å². The van der Waals surface area contributed by atoms with E-state index in [0.29, 0.717) is 0 Å². The van der Waals surface area contributed by atoms with Crippen molar-refractivity contribution in [1.29, 1.82) is 0 Å². The summed E-state index contributed by atoms with van der Waals surface area (Å²) in [6.07, 6.45) is 0. The zero-order chi connectivity index (χ0) is 28.1. The minimum absolute atomic E-state index is 1.02. The fourth-order valence-corrected chi connectivity index (χ4v) is 8.27. The molecule has 0 unspecified atom stereocenters. The molecule has 0 aliphatic rings. The number of benzene rings is 6. The summed E-state index contributed by atoms with van der Waals surface area (Å²) >= 11 is 1.84. The van der Waals surface area contributed by atoms with Crippen LogP contribution in [0.25, 0.3) is 86.2 Å². The predicted molar refractivity (Wildman–Crippen MR) is 183 cm³/mol. The van der Waals surface area contributed by atoms with Crippen LogP contribution in [0.5, 0.6) is 0 Å². The number of para-hydroxylation sites is 4. The van der Waals surface area contributed by atoms with Crippen LogP contribution in [0.1, 0.15) is 0 Å². The number of fused-ring (bicyclic) bond motifs is 10. The standard InChI is InChI=1S/C39H23N3S/c1-6-16-31-28(14-1)38(39-37(40-31)29-15-5-10-20-36(29)43-39)42-34-19-9-4-13-27(34)30-23-24(21-22-35(30)42)41-32-17-7-2-11-25(32)26-12-3-8-18-33(26)41/h1-23H. The largest absolute Gasteiger partial charge is 0.309 e. The zero-order valence-electron chi connectivity index (χ0n) is 23.0. The minimum Gasteiger partial charge on any atom is -0.309 e. The van der Waals surface area contributed by atoms with Crippen molar-refractivity contribution >= 4 is 86.2 Å². The lowest BCUT2D eigenvalue weighted by molar-refractivity contribution is 1.18. The van der Waals surface area contributed by atoms with E-state index in [1.165, 1.54) is 69.8 Å². The van der Waals surface area contributed by atoms with Crippen molar-refractivity contribution in [2.75, 3.05) is 0 Å². The van der Waals surface area contributed by atoms with E-state index in [0.717, 1.165) is 16.4 Å². The first-order valence-electron chi connectivity index (χ1n) is 14.6. The Bertz CT molecular complexity index is 2690. The number of hydrogen-bond acceptors (Lipinski definition) is 2. The van der Waals surface area contributed by atoms with Crippen molar-refractivity contribution in [3.05, 3.63) is 140 Å². The molecule has 0 N–H and O–H groups in total. The van der Waals surface area contributed by atoms with Gasteiger partial charge in [0, 0.05) is 42.7 Å². The third-order valence-electron chi connectivity index (χ3n) is 8.89. The van der Waals surface area contributed by atoms with Crippen LogP contribution in [0.3, 0.4) is 0 Å². The average molecular weight is 566 g/mol. The van der Waals surface area contributed by atoms with Gasteiger partial charge in [-0.1, -0.05) is 91.0 Å². The van der Waals surface area contributed by atoms with Crippen molar-refractivity contribution < 1.29 is 0 Å². The third-order valence-corrected chi connectivity index (χ3v) is 10.1. The Hall–Kier alpha value is -5.45. The molecule has 0 spiro atoms. The van der Waals surface area contributed by atoms with Crippen molar-refractivity contribution in [2.24, 2.45) is 0 Å². The summed E-state index contributed by atoms with van der Waals surface area (Å²) in [5.74, 6) is 0. The van der Waals surface area contributed by atoms with Gasteiger partial charge >= 0.3 is 0 Å². The number of pyridine rings is 1. The van der Waals surface area contributed by atoms with Crippen LogP contribution >= 0.6 is 11.3 Å². The van der Waals surface area contributed by atoms with Gasteiger partial charge in [-0.15, -0.1) is 11.3 Å². The molecule has 200 valence electrons. The highest BCUT2D eigenvalue weighted by atomic mass is 32.1. The van der Waals surface area contributed by atoms with Crippen molar-refractivity contribution in [3.63, 3.8) is 0 Å². The van der Waals surface area contributed by atoms with E-state index in [2.05, 4.69) is 149 Å². The second kappa shape index (κ2) is 8.54. The topological polar surface area (TPSA) is 22.8 Å². The Kier molecular flexibility index (Phi) is 4.60. The number of thiophene rings is 1. The number of hydrogen-bond donors (Lipinski definition) is 0. The fourth-order valence-electron chi connectivity index (χ4n) is 7.08. The molecule has 43 heavy (non-hydrogen) atoms. The highest BCUT2D eigenvalue weighted by Crippen LogP contribution is 2.43. The Morgan fingerprint density at radius 1 is 0.442 bits per heavy atom. The smallest absolute Gasteiger partial charge is 0.0917 e. The van der Waals surface area contributed by atoms with Crippen molar-refractivity contribution in [3.8, 4) is 11.4 Å². The number of rotatable bonds is 2. The molecule has 0 amide bonds. The quantitative estimate of drug-likeness (QED) is 0.204. The molecule has 4 heterocycles. The summed E-state index contributed by atoms with van der Waals surface area (Å²) in [7, 11) is 0. The SMILES string of the molecule is c1ccc2c(-n3c4ccccc4c4cc(-n5c6ccccc6c6ccccc65)ccc43)c3sc4ccccc4c3nc2c1. The lowest BCUT2D eigenvalue weighted by Crippen LogP contribution is -1.98. The van der Waals surface area contributed by atoms with Crippen molar-refractivity contribution in [1.82, 2.24) is 14.1 Å². The van der Waals surface area contributed by atoms with E-state index in [4.69, 9.17) is 4.98 Å². The molecule has 0 bridgehead atoms. The van der Waals surface area contributed by atoms with Crippen LogP contribution in [0.15, 0.2) is 140 Å². The highest BCUT2D eigenvalue weighted by Gasteiger charge is 2.21. The second-order valence-corrected chi connectivity index (χ2v) is 12.2. The molecule has 6 aromatic carbocycles. The lowest BCUT2D eigenvalue weighted by atomic mass is 10.1. The number of nitrogens with zero attached hydrogens (tertiary/aromatic N) is 3. The van der Waals surface area contributed by atoms with Gasteiger partial charge in [-0.3, -0.25) is 0 Å². The van der Waals surface area contributed by atoms with Gasteiger partial charge in [-0.05, 0) is 48.5 Å². The fraction of sp³-hybridized carbons (Fsp3) is 0. The molecule has 0 aliphatic heterocycles. The molecule has 3 nitrogen and oxygen atoms in total. The normalized spacial score (nSPS) is 12.2. The van der Waals surface area contributed by atoms with E-state index in [1.807, 2.05) is 11.3 Å². The zero-order valence-corrected chi connectivity index (χ0v) is 23.8. The van der Waals surface area contributed by atoms with Gasteiger partial charge in [0.1, 0.15) is 0 Å². The van der Waals surface area contributed by atoms with Gasteiger partial charge in [-0.25, -0.2) is 4.98 Å². The van der Waals surface area contributed by atoms with E-state index in [9.17, 15) is 0 Å².